The summed E-state index contributed by atoms with van der Waals surface area (Å²) in [5.74, 6) is -0.639. The van der Waals surface area contributed by atoms with Crippen LogP contribution in [-0.2, 0) is 27.4 Å². The van der Waals surface area contributed by atoms with Crippen LogP contribution >= 0.6 is 0 Å². The number of nitrogens with one attached hydrogen (secondary N) is 3. The lowest BCUT2D eigenvalue weighted by atomic mass is 9.99. The van der Waals surface area contributed by atoms with E-state index in [2.05, 4.69) is 41.6 Å². The molecule has 1 saturated heterocycles. The second-order valence-electron chi connectivity index (χ2n) is 12.2. The van der Waals surface area contributed by atoms with Gasteiger partial charge in [0.2, 0.25) is 11.8 Å². The number of rotatable bonds is 12. The molecule has 0 bridgehead atoms. The lowest BCUT2D eigenvalue weighted by Crippen LogP contribution is -2.55. The molecular formula is C35H44N4O5. The molecule has 3 amide bonds. The van der Waals surface area contributed by atoms with E-state index in [0.717, 1.165) is 30.5 Å². The van der Waals surface area contributed by atoms with Crippen LogP contribution in [0.15, 0.2) is 91.0 Å². The third-order valence-corrected chi connectivity index (χ3v) is 7.86. The molecule has 1 aliphatic rings. The fourth-order valence-corrected chi connectivity index (χ4v) is 5.55. The second-order valence-corrected chi connectivity index (χ2v) is 12.2. The third kappa shape index (κ3) is 9.39. The van der Waals surface area contributed by atoms with E-state index in [1.807, 2.05) is 66.7 Å². The molecular weight excluding hydrogens is 556 g/mol. The first-order valence-corrected chi connectivity index (χ1v) is 15.2. The van der Waals surface area contributed by atoms with E-state index in [9.17, 15) is 19.5 Å². The molecule has 1 aliphatic heterocycles. The Labute approximate surface area is 260 Å². The summed E-state index contributed by atoms with van der Waals surface area (Å²) in [6, 6.07) is 25.6. The van der Waals surface area contributed by atoms with Gasteiger partial charge in [0.1, 0.15) is 12.6 Å². The van der Waals surface area contributed by atoms with Crippen LogP contribution in [0.3, 0.4) is 0 Å². The van der Waals surface area contributed by atoms with E-state index in [-0.39, 0.29) is 30.6 Å². The Balaban J connectivity index is 1.46. The highest BCUT2D eigenvalue weighted by atomic mass is 16.5. The van der Waals surface area contributed by atoms with Gasteiger partial charge in [-0.1, -0.05) is 91.0 Å². The number of nitrogens with zero attached hydrogens (tertiary/aromatic N) is 1. The van der Waals surface area contributed by atoms with Crippen LogP contribution < -0.4 is 16.0 Å². The van der Waals surface area contributed by atoms with Crippen molar-refractivity contribution in [1.29, 1.82) is 0 Å². The number of alkyl carbamates (subject to hydrolysis) is 1. The average Bonchev–Trinajstić information content (AvgIpc) is 3.54. The number of carbonyl (C=O) groups is 3. The van der Waals surface area contributed by atoms with Crippen LogP contribution in [0.2, 0.25) is 0 Å². The predicted octanol–water partition coefficient (Wildman–Crippen LogP) is 4.12. The summed E-state index contributed by atoms with van der Waals surface area (Å²) >= 11 is 0. The quantitative estimate of drug-likeness (QED) is 0.248. The number of amides is 3. The molecule has 1 heterocycles. The lowest BCUT2D eigenvalue weighted by Gasteiger charge is -2.36. The summed E-state index contributed by atoms with van der Waals surface area (Å²) in [6.45, 7) is 7.14. The minimum absolute atomic E-state index is 0.0341. The van der Waals surface area contributed by atoms with Crippen molar-refractivity contribution in [2.24, 2.45) is 0 Å². The minimum Gasteiger partial charge on any atom is -0.445 e. The van der Waals surface area contributed by atoms with Crippen LogP contribution in [-0.4, -0.2) is 64.7 Å². The number of aliphatic hydroxyl groups is 1. The Morgan fingerprint density at radius 2 is 1.48 bits per heavy atom. The average molecular weight is 601 g/mol. The van der Waals surface area contributed by atoms with Crippen molar-refractivity contribution >= 4 is 17.9 Å². The maximum atomic E-state index is 13.8. The highest BCUT2D eigenvalue weighted by Gasteiger charge is 2.37. The van der Waals surface area contributed by atoms with Crippen molar-refractivity contribution in [3.8, 4) is 0 Å². The summed E-state index contributed by atoms with van der Waals surface area (Å²) < 4.78 is 5.39. The number of ether oxygens (including phenoxy) is 1. The fourth-order valence-electron chi connectivity index (χ4n) is 5.55. The number of hydrogen-bond donors (Lipinski definition) is 4. The first kappa shape index (κ1) is 32.7. The van der Waals surface area contributed by atoms with Gasteiger partial charge < -0.3 is 25.8 Å². The number of benzene rings is 3. The molecule has 9 heteroatoms. The van der Waals surface area contributed by atoms with Crippen LogP contribution in [0.1, 0.15) is 56.3 Å². The Morgan fingerprint density at radius 3 is 2.09 bits per heavy atom. The molecule has 0 aromatic heterocycles. The summed E-state index contributed by atoms with van der Waals surface area (Å²) in [7, 11) is 0. The monoisotopic (exact) mass is 600 g/mol. The van der Waals surface area contributed by atoms with Gasteiger partial charge in [-0.15, -0.1) is 0 Å². The smallest absolute Gasteiger partial charge is 0.408 e. The van der Waals surface area contributed by atoms with Crippen LogP contribution in [0.5, 0.6) is 0 Å². The zero-order chi connectivity index (χ0) is 31.5. The number of carbonyl (C=O) groups excluding carboxylic acids is 3. The molecule has 4 rings (SSSR count). The highest BCUT2D eigenvalue weighted by molar-refractivity contribution is 5.87. The van der Waals surface area contributed by atoms with Crippen molar-refractivity contribution < 1.29 is 24.2 Å². The van der Waals surface area contributed by atoms with Gasteiger partial charge in [-0.25, -0.2) is 4.79 Å². The molecule has 9 nitrogen and oxygen atoms in total. The van der Waals surface area contributed by atoms with Gasteiger partial charge in [0.15, 0.2) is 0 Å². The summed E-state index contributed by atoms with van der Waals surface area (Å²) in [5.41, 5.74) is 2.14. The van der Waals surface area contributed by atoms with Gasteiger partial charge in [-0.2, -0.15) is 0 Å². The molecule has 0 unspecified atom stereocenters. The molecule has 0 radical (unpaired) electrons. The molecule has 4 N–H and O–H groups in total. The normalized spacial score (nSPS) is 17.2. The van der Waals surface area contributed by atoms with Crippen molar-refractivity contribution in [3.63, 3.8) is 0 Å². The number of aliphatic hydroxyl groups excluding tert-OH is 1. The van der Waals surface area contributed by atoms with Crippen molar-refractivity contribution in [2.45, 2.75) is 76.4 Å². The second kappa shape index (κ2) is 15.5. The standard InChI is InChI=1S/C35H44N4O5/c1-35(2,3)39-21-13-20-29(39)32(41)36-23-30(40)28(22-25-14-7-4-8-15-25)37-33(42)31(27-18-11-6-12-19-27)38-34(43)44-24-26-16-9-5-10-17-26/h4-12,14-19,28-31,40H,13,20-24H2,1-3H3,(H,36,41)(H,37,42)(H,38,43)/t28-,29-,30+,31-/m0/s1. The Kier molecular flexibility index (Phi) is 11.5. The van der Waals surface area contributed by atoms with E-state index < -0.39 is 30.2 Å². The molecule has 44 heavy (non-hydrogen) atoms. The van der Waals surface area contributed by atoms with Gasteiger partial charge in [0.25, 0.3) is 0 Å². The maximum absolute atomic E-state index is 13.8. The highest BCUT2D eigenvalue weighted by Crippen LogP contribution is 2.26. The molecule has 0 saturated carbocycles. The molecule has 3 aromatic rings. The zero-order valence-corrected chi connectivity index (χ0v) is 25.7. The van der Waals surface area contributed by atoms with E-state index in [4.69, 9.17) is 4.74 Å². The van der Waals surface area contributed by atoms with Gasteiger partial charge in [-0.3, -0.25) is 14.5 Å². The molecule has 0 spiro atoms. The molecule has 1 fully saturated rings. The number of hydrogen-bond acceptors (Lipinski definition) is 6. The van der Waals surface area contributed by atoms with Crippen molar-refractivity contribution in [3.05, 3.63) is 108 Å². The van der Waals surface area contributed by atoms with Gasteiger partial charge in [0.05, 0.1) is 18.2 Å². The summed E-state index contributed by atoms with van der Waals surface area (Å²) in [4.78, 5) is 41.9. The third-order valence-electron chi connectivity index (χ3n) is 7.86. The first-order valence-electron chi connectivity index (χ1n) is 15.2. The Hall–Kier alpha value is -4.21. The van der Waals surface area contributed by atoms with Gasteiger partial charge >= 0.3 is 6.09 Å². The van der Waals surface area contributed by atoms with Crippen molar-refractivity contribution in [2.75, 3.05) is 13.1 Å². The molecule has 4 atom stereocenters. The molecule has 234 valence electrons. The van der Waals surface area contributed by atoms with E-state index in [0.29, 0.717) is 12.0 Å². The van der Waals surface area contributed by atoms with E-state index >= 15 is 0 Å². The molecule has 3 aromatic carbocycles. The maximum Gasteiger partial charge on any atom is 0.408 e. The van der Waals surface area contributed by atoms with E-state index in [1.54, 1.807) is 24.3 Å². The zero-order valence-electron chi connectivity index (χ0n) is 25.7. The Morgan fingerprint density at radius 1 is 0.886 bits per heavy atom. The first-order chi connectivity index (χ1) is 21.1. The SMILES string of the molecule is CC(C)(C)N1CCC[C@H]1C(=O)NC[C@@H](O)[C@H](Cc1ccccc1)NC(=O)[C@@H](NC(=O)OCc1ccccc1)c1ccccc1. The predicted molar refractivity (Wildman–Crippen MR) is 170 cm³/mol. The summed E-state index contributed by atoms with van der Waals surface area (Å²) in [5, 5.41) is 19.9. The van der Waals surface area contributed by atoms with Crippen LogP contribution in [0.4, 0.5) is 4.79 Å². The fraction of sp³-hybridized carbons (Fsp3) is 0.400. The van der Waals surface area contributed by atoms with Crippen LogP contribution in [0.25, 0.3) is 0 Å². The van der Waals surface area contributed by atoms with Gasteiger partial charge in [-0.05, 0) is 63.3 Å². The largest absolute Gasteiger partial charge is 0.445 e. The van der Waals surface area contributed by atoms with Gasteiger partial charge in [0, 0.05) is 12.1 Å². The Bertz CT molecular complexity index is 1350. The summed E-state index contributed by atoms with van der Waals surface area (Å²) in [6.07, 6.45) is 0.181. The minimum atomic E-state index is -1.09. The van der Waals surface area contributed by atoms with Crippen molar-refractivity contribution in [1.82, 2.24) is 20.9 Å². The van der Waals surface area contributed by atoms with E-state index in [1.165, 1.54) is 0 Å². The molecule has 0 aliphatic carbocycles. The topological polar surface area (TPSA) is 120 Å². The van der Waals surface area contributed by atoms with Crippen LogP contribution in [0, 0.1) is 0 Å². The lowest BCUT2D eigenvalue weighted by molar-refractivity contribution is -0.127. The number of likely N-dealkylation sites (tertiary alicyclic amines) is 1.